The minimum Gasteiger partial charge on any atom is -0.395 e. The van der Waals surface area contributed by atoms with Gasteiger partial charge in [0.1, 0.15) is 11.5 Å². The summed E-state index contributed by atoms with van der Waals surface area (Å²) < 4.78 is 13.0. The molecule has 1 aromatic carbocycles. The van der Waals surface area contributed by atoms with E-state index in [1.54, 1.807) is 6.07 Å². The number of anilines is 1. The Balaban J connectivity index is 2.14. The van der Waals surface area contributed by atoms with E-state index in [1.165, 1.54) is 18.2 Å². The van der Waals surface area contributed by atoms with Gasteiger partial charge >= 0.3 is 0 Å². The van der Waals surface area contributed by atoms with Crippen LogP contribution in [-0.4, -0.2) is 35.0 Å². The van der Waals surface area contributed by atoms with Gasteiger partial charge < -0.3 is 10.4 Å². The first-order valence-corrected chi connectivity index (χ1v) is 5.33. The summed E-state index contributed by atoms with van der Waals surface area (Å²) in [4.78, 5) is 24.1. The average molecular weight is 250 g/mol. The van der Waals surface area contributed by atoms with Crippen LogP contribution in [0.5, 0.6) is 0 Å². The van der Waals surface area contributed by atoms with Gasteiger partial charge in [0.25, 0.3) is 11.8 Å². The van der Waals surface area contributed by atoms with Crippen molar-refractivity contribution in [1.29, 1.82) is 0 Å². The van der Waals surface area contributed by atoms with E-state index >= 15 is 0 Å². The fourth-order valence-electron chi connectivity index (χ4n) is 1.63. The molecule has 94 valence electrons. The molecule has 0 atom stereocenters. The molecule has 6 heteroatoms. The number of benzene rings is 1. The molecule has 0 saturated heterocycles. The number of carbonyl (C=O) groups is 2. The molecule has 0 bridgehead atoms. The Morgan fingerprint density at radius 3 is 2.78 bits per heavy atom. The molecule has 1 aliphatic rings. The van der Waals surface area contributed by atoms with Crippen LogP contribution in [0.4, 0.5) is 10.1 Å². The van der Waals surface area contributed by atoms with Crippen LogP contribution in [0.2, 0.25) is 0 Å². The monoisotopic (exact) mass is 250 g/mol. The lowest BCUT2D eigenvalue weighted by Gasteiger charge is -2.13. The first-order chi connectivity index (χ1) is 8.61. The topological polar surface area (TPSA) is 69.6 Å². The van der Waals surface area contributed by atoms with Crippen molar-refractivity contribution in [2.75, 3.05) is 18.5 Å². The van der Waals surface area contributed by atoms with E-state index in [0.717, 1.165) is 11.0 Å². The maximum atomic E-state index is 13.0. The van der Waals surface area contributed by atoms with E-state index in [0.29, 0.717) is 5.69 Å². The quantitative estimate of drug-likeness (QED) is 0.763. The van der Waals surface area contributed by atoms with Crippen LogP contribution in [0.3, 0.4) is 0 Å². The number of carbonyl (C=O) groups excluding carboxylic acids is 2. The SMILES string of the molecule is O=C1C=C(Nc2cccc(F)c2)C(=O)N1CCO. The highest BCUT2D eigenvalue weighted by atomic mass is 19.1. The molecule has 5 nitrogen and oxygen atoms in total. The van der Waals surface area contributed by atoms with E-state index in [4.69, 9.17) is 5.11 Å². The van der Waals surface area contributed by atoms with Crippen LogP contribution in [0.1, 0.15) is 0 Å². The largest absolute Gasteiger partial charge is 0.395 e. The number of hydrogen-bond acceptors (Lipinski definition) is 4. The molecule has 2 amide bonds. The van der Waals surface area contributed by atoms with Crippen LogP contribution in [0.15, 0.2) is 36.0 Å². The molecule has 1 aromatic rings. The van der Waals surface area contributed by atoms with Crippen molar-refractivity contribution < 1.29 is 19.1 Å². The highest BCUT2D eigenvalue weighted by Gasteiger charge is 2.30. The van der Waals surface area contributed by atoms with E-state index < -0.39 is 17.6 Å². The Hall–Kier alpha value is -2.21. The summed E-state index contributed by atoms with van der Waals surface area (Å²) in [6, 6.07) is 5.56. The van der Waals surface area contributed by atoms with Gasteiger partial charge in [-0.1, -0.05) is 6.07 Å². The highest BCUT2D eigenvalue weighted by Crippen LogP contribution is 2.17. The van der Waals surface area contributed by atoms with Crippen LogP contribution < -0.4 is 5.32 Å². The van der Waals surface area contributed by atoms with Gasteiger partial charge in [-0.15, -0.1) is 0 Å². The predicted molar refractivity (Wildman–Crippen MR) is 61.9 cm³/mol. The summed E-state index contributed by atoms with van der Waals surface area (Å²) in [6.07, 6.45) is 1.13. The van der Waals surface area contributed by atoms with E-state index in [2.05, 4.69) is 5.32 Å². The van der Waals surface area contributed by atoms with Crippen LogP contribution in [-0.2, 0) is 9.59 Å². The van der Waals surface area contributed by atoms with Crippen molar-refractivity contribution in [1.82, 2.24) is 4.90 Å². The molecule has 0 spiro atoms. The number of rotatable bonds is 4. The molecular weight excluding hydrogens is 239 g/mol. The maximum Gasteiger partial charge on any atom is 0.277 e. The Bertz CT molecular complexity index is 528. The van der Waals surface area contributed by atoms with Gasteiger partial charge in [-0.25, -0.2) is 4.39 Å². The first-order valence-electron chi connectivity index (χ1n) is 5.33. The number of nitrogens with zero attached hydrogens (tertiary/aromatic N) is 1. The molecule has 18 heavy (non-hydrogen) atoms. The Labute approximate surface area is 103 Å². The normalized spacial score (nSPS) is 15.0. The molecule has 0 aromatic heterocycles. The molecule has 1 aliphatic heterocycles. The number of amides is 2. The van der Waals surface area contributed by atoms with Gasteiger partial charge in [-0.05, 0) is 18.2 Å². The Kier molecular flexibility index (Phi) is 3.38. The van der Waals surface area contributed by atoms with Gasteiger partial charge in [0.2, 0.25) is 0 Å². The van der Waals surface area contributed by atoms with Crippen LogP contribution in [0.25, 0.3) is 0 Å². The van der Waals surface area contributed by atoms with E-state index in [-0.39, 0.29) is 18.8 Å². The zero-order chi connectivity index (χ0) is 13.1. The fourth-order valence-corrected chi connectivity index (χ4v) is 1.63. The number of hydrogen-bond donors (Lipinski definition) is 2. The minimum atomic E-state index is -0.529. The van der Waals surface area contributed by atoms with E-state index in [9.17, 15) is 14.0 Å². The Morgan fingerprint density at radius 2 is 2.11 bits per heavy atom. The van der Waals surface area contributed by atoms with Crippen LogP contribution >= 0.6 is 0 Å². The Morgan fingerprint density at radius 1 is 1.33 bits per heavy atom. The second-order valence-corrected chi connectivity index (χ2v) is 3.71. The zero-order valence-corrected chi connectivity index (χ0v) is 9.39. The van der Waals surface area contributed by atoms with Crippen molar-refractivity contribution in [3.63, 3.8) is 0 Å². The first kappa shape index (κ1) is 12.3. The second-order valence-electron chi connectivity index (χ2n) is 3.71. The second kappa shape index (κ2) is 4.97. The van der Waals surface area contributed by atoms with Gasteiger partial charge in [0.15, 0.2) is 0 Å². The zero-order valence-electron chi connectivity index (χ0n) is 9.39. The van der Waals surface area contributed by atoms with Crippen molar-refractivity contribution in [2.45, 2.75) is 0 Å². The number of aliphatic hydroxyl groups excluding tert-OH is 1. The molecule has 0 aliphatic carbocycles. The molecule has 2 rings (SSSR count). The van der Waals surface area contributed by atoms with Gasteiger partial charge in [-0.2, -0.15) is 0 Å². The fraction of sp³-hybridized carbons (Fsp3) is 0.167. The van der Waals surface area contributed by atoms with Crippen molar-refractivity contribution in [3.05, 3.63) is 41.9 Å². The molecule has 0 radical (unpaired) electrons. The van der Waals surface area contributed by atoms with Gasteiger partial charge in [0, 0.05) is 11.8 Å². The van der Waals surface area contributed by atoms with Crippen molar-refractivity contribution in [3.8, 4) is 0 Å². The standard InChI is InChI=1S/C12H11FN2O3/c13-8-2-1-3-9(6-8)14-10-7-11(17)15(4-5-16)12(10)18/h1-3,6-7,14,16H,4-5H2. The maximum absolute atomic E-state index is 13.0. The predicted octanol–water partition coefficient (Wildman–Crippen LogP) is 0.483. The lowest BCUT2D eigenvalue weighted by molar-refractivity contribution is -0.137. The summed E-state index contributed by atoms with van der Waals surface area (Å²) in [7, 11) is 0. The minimum absolute atomic E-state index is 0.0531. The number of aliphatic hydroxyl groups is 1. The lowest BCUT2D eigenvalue weighted by Crippen LogP contribution is -2.34. The molecule has 0 fully saturated rings. The number of halogens is 1. The van der Waals surface area contributed by atoms with E-state index in [1.807, 2.05) is 0 Å². The third kappa shape index (κ3) is 2.38. The third-order valence-corrected chi connectivity index (χ3v) is 2.44. The van der Waals surface area contributed by atoms with Gasteiger partial charge in [0.05, 0.1) is 13.2 Å². The van der Waals surface area contributed by atoms with Crippen LogP contribution in [0, 0.1) is 5.82 Å². The molecule has 0 unspecified atom stereocenters. The average Bonchev–Trinajstić information content (AvgIpc) is 2.57. The highest BCUT2D eigenvalue weighted by molar-refractivity contribution is 6.17. The van der Waals surface area contributed by atoms with Crippen molar-refractivity contribution in [2.24, 2.45) is 0 Å². The molecule has 2 N–H and O–H groups in total. The summed E-state index contributed by atoms with van der Waals surface area (Å²) >= 11 is 0. The van der Waals surface area contributed by atoms with Gasteiger partial charge in [-0.3, -0.25) is 14.5 Å². The molecule has 0 saturated carbocycles. The number of imide groups is 1. The van der Waals surface area contributed by atoms with Crippen molar-refractivity contribution >= 4 is 17.5 Å². The smallest absolute Gasteiger partial charge is 0.277 e. The number of β-amino-alcohol motifs (C(OH)–C–C–N with tert-alkyl or cyclic N) is 1. The molecule has 1 heterocycles. The summed E-state index contributed by atoms with van der Waals surface area (Å²) in [5.74, 6) is -1.46. The summed E-state index contributed by atoms with van der Waals surface area (Å²) in [5, 5.41) is 11.4. The number of nitrogens with one attached hydrogen (secondary N) is 1. The third-order valence-electron chi connectivity index (χ3n) is 2.44. The lowest BCUT2D eigenvalue weighted by atomic mass is 10.3. The molecular formula is C12H11FN2O3. The summed E-state index contributed by atoms with van der Waals surface area (Å²) in [5.41, 5.74) is 0.451. The summed E-state index contributed by atoms with van der Waals surface area (Å²) in [6.45, 7) is -0.346.